The lowest BCUT2D eigenvalue weighted by molar-refractivity contribution is 0.101. The number of thiophene rings is 1. The van der Waals surface area contributed by atoms with Crippen molar-refractivity contribution in [1.82, 2.24) is 4.98 Å². The first-order valence-corrected chi connectivity index (χ1v) is 8.37. The van der Waals surface area contributed by atoms with E-state index in [1.54, 1.807) is 5.38 Å². The summed E-state index contributed by atoms with van der Waals surface area (Å²) in [6.07, 6.45) is 1.05. The number of carbonyl (C=O) groups excluding carboxylic acids is 1. The summed E-state index contributed by atoms with van der Waals surface area (Å²) in [5, 5.41) is 4.86. The van der Waals surface area contributed by atoms with Crippen molar-refractivity contribution in [2.24, 2.45) is 0 Å². The smallest absolute Gasteiger partial charge is 0.196 e. The maximum atomic E-state index is 11.5. The second-order valence-electron chi connectivity index (χ2n) is 4.49. The molecular weight excluding hydrogens is 300 g/mol. The van der Waals surface area contributed by atoms with E-state index in [-0.39, 0.29) is 11.7 Å². The van der Waals surface area contributed by atoms with Gasteiger partial charge in [0.2, 0.25) is 0 Å². The van der Waals surface area contributed by atoms with Crippen molar-refractivity contribution in [1.29, 1.82) is 0 Å². The fourth-order valence-electron chi connectivity index (χ4n) is 2.36. The highest BCUT2D eigenvalue weighted by molar-refractivity contribution is 7.14. The number of alkyl halides is 1. The minimum absolute atomic E-state index is 0.00654. The van der Waals surface area contributed by atoms with Crippen molar-refractivity contribution >= 4 is 45.2 Å². The molecule has 0 spiro atoms. The van der Waals surface area contributed by atoms with Gasteiger partial charge in [-0.3, -0.25) is 4.79 Å². The molecule has 0 saturated heterocycles. The molecule has 1 atom stereocenters. The number of rotatable bonds is 3. The molecule has 100 valence electrons. The summed E-state index contributed by atoms with van der Waals surface area (Å²) in [7, 11) is 0. The van der Waals surface area contributed by atoms with Gasteiger partial charge in [-0.25, -0.2) is 4.98 Å². The molecule has 3 heterocycles. The van der Waals surface area contributed by atoms with Gasteiger partial charge in [0.15, 0.2) is 10.9 Å². The zero-order valence-corrected chi connectivity index (χ0v) is 12.8. The molecular formula is C13H13ClN2OS2. The molecule has 1 aliphatic rings. The number of Topliss-reactive ketones (excluding diaryl/α,β-unsaturated/α-hetero) is 1. The molecule has 1 unspecified atom stereocenters. The van der Waals surface area contributed by atoms with Crippen LogP contribution in [0.4, 0.5) is 5.13 Å². The average Bonchev–Trinajstić information content (AvgIpc) is 3.07. The van der Waals surface area contributed by atoms with Gasteiger partial charge in [-0.1, -0.05) is 0 Å². The number of hydrogen-bond donors (Lipinski definition) is 0. The fraction of sp³-hybridized carbons (Fsp3) is 0.385. The monoisotopic (exact) mass is 312 g/mol. The number of thiazole rings is 1. The van der Waals surface area contributed by atoms with Crippen LogP contribution in [0.25, 0.3) is 0 Å². The summed E-state index contributed by atoms with van der Waals surface area (Å²) in [5.41, 5.74) is 1.87. The number of fused-ring (bicyclic) bond motifs is 1. The summed E-state index contributed by atoms with van der Waals surface area (Å²) in [4.78, 5) is 19.7. The number of carbonyl (C=O) groups is 1. The predicted molar refractivity (Wildman–Crippen MR) is 80.9 cm³/mol. The summed E-state index contributed by atoms with van der Waals surface area (Å²) in [5.74, 6) is -0.113. The summed E-state index contributed by atoms with van der Waals surface area (Å²) in [6, 6.07) is 2.51. The van der Waals surface area contributed by atoms with E-state index in [0.29, 0.717) is 11.7 Å². The maximum absolute atomic E-state index is 11.5. The number of ketones is 1. The van der Waals surface area contributed by atoms with Crippen LogP contribution in [-0.2, 0) is 6.42 Å². The third-order valence-corrected chi connectivity index (χ3v) is 5.54. The van der Waals surface area contributed by atoms with E-state index >= 15 is 0 Å². The molecule has 2 aromatic heterocycles. The van der Waals surface area contributed by atoms with Crippen molar-refractivity contribution in [3.05, 3.63) is 33.0 Å². The Labute approximate surface area is 124 Å². The van der Waals surface area contributed by atoms with Crippen LogP contribution >= 0.6 is 34.3 Å². The minimum Gasteiger partial charge on any atom is -0.341 e. The second kappa shape index (κ2) is 5.23. The van der Waals surface area contributed by atoms with Crippen LogP contribution in [0.15, 0.2) is 16.8 Å². The Morgan fingerprint density at radius 1 is 1.58 bits per heavy atom. The SMILES string of the molecule is CC1c2ccsc2CCN1c1nc(C(=O)CCl)cs1. The van der Waals surface area contributed by atoms with E-state index in [2.05, 4.69) is 28.3 Å². The van der Waals surface area contributed by atoms with E-state index < -0.39 is 0 Å². The molecule has 2 aromatic rings. The summed E-state index contributed by atoms with van der Waals surface area (Å²) in [6.45, 7) is 3.14. The van der Waals surface area contributed by atoms with Crippen molar-refractivity contribution in [3.63, 3.8) is 0 Å². The standard InChI is InChI=1S/C13H13ClN2OS2/c1-8-9-3-5-18-12(9)2-4-16(8)13-15-10(7-19-13)11(17)6-14/h3,5,7-8H,2,4,6H2,1H3. The third-order valence-electron chi connectivity index (χ3n) is 3.42. The van der Waals surface area contributed by atoms with Gasteiger partial charge in [0.25, 0.3) is 0 Å². The van der Waals surface area contributed by atoms with Gasteiger partial charge in [0, 0.05) is 16.8 Å². The predicted octanol–water partition coefficient (Wildman–Crippen LogP) is 3.75. The van der Waals surface area contributed by atoms with E-state index in [1.807, 2.05) is 11.3 Å². The molecule has 0 aliphatic carbocycles. The van der Waals surface area contributed by atoms with Crippen molar-refractivity contribution < 1.29 is 4.79 Å². The van der Waals surface area contributed by atoms with E-state index in [0.717, 1.165) is 18.1 Å². The number of aromatic nitrogens is 1. The van der Waals surface area contributed by atoms with E-state index in [4.69, 9.17) is 11.6 Å². The summed E-state index contributed by atoms with van der Waals surface area (Å²) >= 11 is 8.91. The molecule has 3 rings (SSSR count). The molecule has 0 amide bonds. The zero-order valence-electron chi connectivity index (χ0n) is 10.4. The van der Waals surface area contributed by atoms with Gasteiger partial charge in [0.05, 0.1) is 11.9 Å². The average molecular weight is 313 g/mol. The minimum atomic E-state index is -0.106. The van der Waals surface area contributed by atoms with Crippen LogP contribution in [-0.4, -0.2) is 23.2 Å². The molecule has 3 nitrogen and oxygen atoms in total. The first-order valence-electron chi connectivity index (χ1n) is 6.08. The Hall–Kier alpha value is -0.910. The Morgan fingerprint density at radius 2 is 2.42 bits per heavy atom. The second-order valence-corrected chi connectivity index (χ2v) is 6.60. The van der Waals surface area contributed by atoms with Crippen LogP contribution < -0.4 is 4.90 Å². The molecule has 0 saturated carbocycles. The highest BCUT2D eigenvalue weighted by Crippen LogP contribution is 2.37. The Balaban J connectivity index is 1.87. The zero-order chi connectivity index (χ0) is 13.4. The highest BCUT2D eigenvalue weighted by atomic mass is 35.5. The molecule has 0 bridgehead atoms. The molecule has 0 fully saturated rings. The van der Waals surface area contributed by atoms with Crippen LogP contribution in [0.5, 0.6) is 0 Å². The van der Waals surface area contributed by atoms with Crippen molar-refractivity contribution in [2.75, 3.05) is 17.3 Å². The Morgan fingerprint density at radius 3 is 3.21 bits per heavy atom. The van der Waals surface area contributed by atoms with E-state index in [1.165, 1.54) is 21.8 Å². The number of halogens is 1. The number of hydrogen-bond acceptors (Lipinski definition) is 5. The Bertz CT molecular complexity index is 607. The van der Waals surface area contributed by atoms with Crippen LogP contribution in [0.3, 0.4) is 0 Å². The highest BCUT2D eigenvalue weighted by Gasteiger charge is 2.27. The van der Waals surface area contributed by atoms with Crippen LogP contribution in [0.1, 0.15) is 33.9 Å². The number of nitrogens with zero attached hydrogens (tertiary/aromatic N) is 2. The van der Waals surface area contributed by atoms with E-state index in [9.17, 15) is 4.79 Å². The van der Waals surface area contributed by atoms with Crippen molar-refractivity contribution in [3.8, 4) is 0 Å². The van der Waals surface area contributed by atoms with Gasteiger partial charge in [-0.05, 0) is 30.4 Å². The quantitative estimate of drug-likeness (QED) is 0.639. The summed E-state index contributed by atoms with van der Waals surface area (Å²) < 4.78 is 0. The first-order chi connectivity index (χ1) is 9.20. The van der Waals surface area contributed by atoms with Gasteiger partial charge in [-0.2, -0.15) is 0 Å². The lowest BCUT2D eigenvalue weighted by atomic mass is 10.0. The number of anilines is 1. The van der Waals surface area contributed by atoms with Gasteiger partial charge in [0.1, 0.15) is 5.69 Å². The molecule has 19 heavy (non-hydrogen) atoms. The van der Waals surface area contributed by atoms with Gasteiger partial charge < -0.3 is 4.90 Å². The van der Waals surface area contributed by atoms with Gasteiger partial charge >= 0.3 is 0 Å². The largest absolute Gasteiger partial charge is 0.341 e. The van der Waals surface area contributed by atoms with Gasteiger partial charge in [-0.15, -0.1) is 34.3 Å². The van der Waals surface area contributed by atoms with Crippen molar-refractivity contribution in [2.45, 2.75) is 19.4 Å². The molecule has 0 radical (unpaired) electrons. The van der Waals surface area contributed by atoms with Crippen LogP contribution in [0.2, 0.25) is 0 Å². The molecule has 0 N–H and O–H groups in total. The topological polar surface area (TPSA) is 33.2 Å². The molecule has 0 aromatic carbocycles. The molecule has 1 aliphatic heterocycles. The normalized spacial score (nSPS) is 18.4. The van der Waals surface area contributed by atoms with Crippen LogP contribution in [0, 0.1) is 0 Å². The maximum Gasteiger partial charge on any atom is 0.196 e. The Kier molecular flexibility index (Phi) is 3.60. The third kappa shape index (κ3) is 2.30. The fourth-order valence-corrected chi connectivity index (χ4v) is 4.40. The lowest BCUT2D eigenvalue weighted by Gasteiger charge is -2.33. The molecule has 6 heteroatoms. The lowest BCUT2D eigenvalue weighted by Crippen LogP contribution is -2.33. The first kappa shape index (κ1) is 13.1.